The number of hydrogen-bond acceptors (Lipinski definition) is 2. The van der Waals surface area contributed by atoms with E-state index in [0.717, 1.165) is 28.1 Å². The molecule has 0 aliphatic rings. The van der Waals surface area contributed by atoms with Crippen molar-refractivity contribution >= 4 is 15.9 Å². The first kappa shape index (κ1) is 12.2. The van der Waals surface area contributed by atoms with Crippen LogP contribution in [0.2, 0.25) is 0 Å². The minimum Gasteiger partial charge on any atom is -0.233 e. The van der Waals surface area contributed by atoms with Gasteiger partial charge in [0.15, 0.2) is 5.82 Å². The molecule has 0 fully saturated rings. The monoisotopic (exact) mass is 290 g/mol. The van der Waals surface area contributed by atoms with Crippen LogP contribution in [0.1, 0.15) is 23.7 Å². The van der Waals surface area contributed by atoms with Gasteiger partial charge < -0.3 is 0 Å². The summed E-state index contributed by atoms with van der Waals surface area (Å²) in [6, 6.07) is 8.25. The molecule has 0 aliphatic carbocycles. The summed E-state index contributed by atoms with van der Waals surface area (Å²) in [6.07, 6.45) is 0.945. The molecule has 0 bridgehead atoms. The molecule has 0 N–H and O–H groups in total. The first-order valence-corrected chi connectivity index (χ1v) is 6.51. The molecule has 0 saturated heterocycles. The summed E-state index contributed by atoms with van der Waals surface area (Å²) in [5, 5.41) is 0. The lowest BCUT2D eigenvalue weighted by atomic mass is 10.1. The van der Waals surface area contributed by atoms with Crippen LogP contribution >= 0.6 is 15.9 Å². The Morgan fingerprint density at radius 1 is 1.18 bits per heavy atom. The van der Waals surface area contributed by atoms with Crippen molar-refractivity contribution < 1.29 is 0 Å². The van der Waals surface area contributed by atoms with Crippen molar-refractivity contribution in [3.05, 3.63) is 45.7 Å². The summed E-state index contributed by atoms with van der Waals surface area (Å²) in [7, 11) is 0. The van der Waals surface area contributed by atoms with Crippen molar-refractivity contribution in [1.82, 2.24) is 9.97 Å². The minimum atomic E-state index is 0.787. The summed E-state index contributed by atoms with van der Waals surface area (Å²) in [4.78, 5) is 9.10. The molecule has 3 heteroatoms. The predicted molar refractivity (Wildman–Crippen MR) is 74.0 cm³/mol. The highest BCUT2D eigenvalue weighted by molar-refractivity contribution is 9.10. The highest BCUT2D eigenvalue weighted by Gasteiger charge is 2.09. The van der Waals surface area contributed by atoms with Crippen LogP contribution in [0.5, 0.6) is 0 Å². The molecule has 0 spiro atoms. The summed E-state index contributed by atoms with van der Waals surface area (Å²) in [5.74, 6) is 0.787. The zero-order valence-electron chi connectivity index (χ0n) is 10.3. The summed E-state index contributed by atoms with van der Waals surface area (Å²) in [6.45, 7) is 6.22. The van der Waals surface area contributed by atoms with E-state index >= 15 is 0 Å². The number of halogens is 1. The van der Waals surface area contributed by atoms with Crippen LogP contribution in [0.4, 0.5) is 0 Å². The zero-order chi connectivity index (χ0) is 12.4. The zero-order valence-corrected chi connectivity index (χ0v) is 11.9. The van der Waals surface area contributed by atoms with E-state index in [0.29, 0.717) is 0 Å². The smallest absolute Gasteiger partial charge is 0.160 e. The highest BCUT2D eigenvalue weighted by Crippen LogP contribution is 2.23. The van der Waals surface area contributed by atoms with E-state index in [1.165, 1.54) is 11.1 Å². The molecule has 0 amide bonds. The van der Waals surface area contributed by atoms with Gasteiger partial charge >= 0.3 is 0 Å². The molecule has 0 saturated carbocycles. The van der Waals surface area contributed by atoms with E-state index in [1.54, 1.807) is 0 Å². The third-order valence-electron chi connectivity index (χ3n) is 2.79. The van der Waals surface area contributed by atoms with Gasteiger partial charge in [0.2, 0.25) is 0 Å². The molecule has 1 aromatic heterocycles. The van der Waals surface area contributed by atoms with Gasteiger partial charge in [0.25, 0.3) is 0 Å². The number of hydrogen-bond donors (Lipinski definition) is 0. The highest BCUT2D eigenvalue weighted by atomic mass is 79.9. The first-order valence-electron chi connectivity index (χ1n) is 5.72. The molecule has 0 atom stereocenters. The van der Waals surface area contributed by atoms with Crippen LogP contribution in [0.3, 0.4) is 0 Å². The van der Waals surface area contributed by atoms with Crippen molar-refractivity contribution in [3.8, 4) is 11.4 Å². The molecule has 2 rings (SSSR count). The maximum absolute atomic E-state index is 4.58. The normalized spacial score (nSPS) is 10.6. The maximum Gasteiger partial charge on any atom is 0.160 e. The van der Waals surface area contributed by atoms with Crippen molar-refractivity contribution in [2.75, 3.05) is 0 Å². The van der Waals surface area contributed by atoms with Crippen LogP contribution < -0.4 is 0 Å². The first-order chi connectivity index (χ1) is 8.11. The van der Waals surface area contributed by atoms with Crippen molar-refractivity contribution in [1.29, 1.82) is 0 Å². The van der Waals surface area contributed by atoms with Gasteiger partial charge in [-0.25, -0.2) is 9.97 Å². The van der Waals surface area contributed by atoms with Gasteiger partial charge in [0, 0.05) is 16.8 Å². The molecule has 0 radical (unpaired) electrons. The van der Waals surface area contributed by atoms with Gasteiger partial charge in [-0.05, 0) is 42.3 Å². The Hall–Kier alpha value is -1.22. The van der Waals surface area contributed by atoms with Gasteiger partial charge in [0.05, 0.1) is 0 Å². The quantitative estimate of drug-likeness (QED) is 0.779. The van der Waals surface area contributed by atoms with Crippen LogP contribution in [-0.2, 0) is 6.42 Å². The van der Waals surface area contributed by atoms with Crippen LogP contribution in [-0.4, -0.2) is 9.97 Å². The fourth-order valence-electron chi connectivity index (χ4n) is 1.88. The van der Waals surface area contributed by atoms with Crippen LogP contribution in [0.15, 0.2) is 28.9 Å². The lowest BCUT2D eigenvalue weighted by Crippen LogP contribution is -1.99. The molecule has 17 heavy (non-hydrogen) atoms. The maximum atomic E-state index is 4.58. The topological polar surface area (TPSA) is 25.8 Å². The molecule has 88 valence electrons. The molecule has 2 aromatic rings. The van der Waals surface area contributed by atoms with E-state index in [4.69, 9.17) is 0 Å². The summed E-state index contributed by atoms with van der Waals surface area (Å²) < 4.78 is 0.906. The number of aromatic nitrogens is 2. The van der Waals surface area contributed by atoms with E-state index in [1.807, 2.05) is 19.1 Å². The Kier molecular flexibility index (Phi) is 3.57. The average Bonchev–Trinajstić information content (AvgIpc) is 2.28. The lowest BCUT2D eigenvalue weighted by Gasteiger charge is -2.08. The number of benzene rings is 1. The molecular weight excluding hydrogens is 276 g/mol. The standard InChI is InChI=1S/C14H15BrN2/c1-4-12-10(3)16-14(17-13(12)15)11-7-5-6-9(2)8-11/h5-8H,4H2,1-3H3. The van der Waals surface area contributed by atoms with Gasteiger partial charge in [-0.2, -0.15) is 0 Å². The largest absolute Gasteiger partial charge is 0.233 e. The minimum absolute atomic E-state index is 0.787. The molecule has 1 heterocycles. The van der Waals surface area contributed by atoms with Crippen molar-refractivity contribution in [2.24, 2.45) is 0 Å². The third kappa shape index (κ3) is 2.55. The van der Waals surface area contributed by atoms with Gasteiger partial charge in [0.1, 0.15) is 4.60 Å². The number of rotatable bonds is 2. The second-order valence-electron chi connectivity index (χ2n) is 4.13. The van der Waals surface area contributed by atoms with E-state index in [2.05, 4.69) is 51.9 Å². The Balaban J connectivity index is 2.54. The Labute approximate surface area is 110 Å². The van der Waals surface area contributed by atoms with Crippen molar-refractivity contribution in [3.63, 3.8) is 0 Å². The number of nitrogens with zero attached hydrogens (tertiary/aromatic N) is 2. The molecule has 0 unspecified atom stereocenters. The second-order valence-corrected chi connectivity index (χ2v) is 4.88. The Bertz CT molecular complexity index is 527. The van der Waals surface area contributed by atoms with E-state index < -0.39 is 0 Å². The van der Waals surface area contributed by atoms with Crippen LogP contribution in [0.25, 0.3) is 11.4 Å². The molecule has 2 nitrogen and oxygen atoms in total. The SMILES string of the molecule is CCc1c(C)nc(-c2cccc(C)c2)nc1Br. The lowest BCUT2D eigenvalue weighted by molar-refractivity contribution is 0.981. The van der Waals surface area contributed by atoms with E-state index in [-0.39, 0.29) is 0 Å². The molecular formula is C14H15BrN2. The predicted octanol–water partition coefficient (Wildman–Crippen LogP) is 4.09. The van der Waals surface area contributed by atoms with Crippen molar-refractivity contribution in [2.45, 2.75) is 27.2 Å². The van der Waals surface area contributed by atoms with Crippen LogP contribution in [0, 0.1) is 13.8 Å². The Morgan fingerprint density at radius 2 is 1.94 bits per heavy atom. The van der Waals surface area contributed by atoms with E-state index in [9.17, 15) is 0 Å². The average molecular weight is 291 g/mol. The fraction of sp³-hybridized carbons (Fsp3) is 0.286. The molecule has 1 aromatic carbocycles. The van der Waals surface area contributed by atoms with Gasteiger partial charge in [-0.3, -0.25) is 0 Å². The number of aryl methyl sites for hydroxylation is 2. The second kappa shape index (κ2) is 4.96. The van der Waals surface area contributed by atoms with Gasteiger partial charge in [-0.15, -0.1) is 0 Å². The summed E-state index contributed by atoms with van der Waals surface area (Å²) >= 11 is 3.52. The van der Waals surface area contributed by atoms with Gasteiger partial charge in [-0.1, -0.05) is 30.7 Å². The molecule has 0 aliphatic heterocycles. The third-order valence-corrected chi connectivity index (χ3v) is 3.45. The summed E-state index contributed by atoms with van der Waals surface area (Å²) in [5.41, 5.74) is 4.52. The Morgan fingerprint density at radius 3 is 2.53 bits per heavy atom. The fourth-order valence-corrected chi connectivity index (χ4v) is 2.61.